The van der Waals surface area contributed by atoms with Crippen molar-refractivity contribution >= 4 is 5.96 Å². The number of aliphatic hydroxyl groups is 1. The minimum absolute atomic E-state index is 0.116. The average Bonchev–Trinajstić information content (AvgIpc) is 3.12. The van der Waals surface area contributed by atoms with Crippen LogP contribution in [0.2, 0.25) is 0 Å². The highest BCUT2D eigenvalue weighted by molar-refractivity contribution is 5.80. The average molecular weight is 438 g/mol. The smallest absolute Gasteiger partial charge is 0.383 e. The van der Waals surface area contributed by atoms with Gasteiger partial charge in [-0.25, -0.2) is 4.99 Å². The van der Waals surface area contributed by atoms with E-state index in [0.29, 0.717) is 30.2 Å². The molecule has 2 aromatic rings. The topological polar surface area (TPSA) is 74.5 Å². The van der Waals surface area contributed by atoms with Crippen LogP contribution >= 0.6 is 0 Å². The largest absolute Gasteiger partial charge is 0.416 e. The molecule has 1 heterocycles. The molecule has 1 aromatic heterocycles. The van der Waals surface area contributed by atoms with Crippen molar-refractivity contribution in [2.75, 3.05) is 19.6 Å². The molecule has 1 saturated carbocycles. The monoisotopic (exact) mass is 437 g/mol. The molecular formula is C22H30F3N5O. The van der Waals surface area contributed by atoms with E-state index >= 15 is 0 Å². The normalized spacial score (nSPS) is 18.2. The van der Waals surface area contributed by atoms with Crippen LogP contribution in [0.25, 0.3) is 0 Å². The number of hydrogen-bond acceptors (Lipinski definition) is 3. The molecule has 1 fully saturated rings. The van der Waals surface area contributed by atoms with E-state index in [0.717, 1.165) is 25.3 Å². The number of aromatic nitrogens is 2. The zero-order valence-electron chi connectivity index (χ0n) is 18.1. The number of alkyl halides is 3. The molecule has 3 N–H and O–H groups in total. The predicted molar refractivity (Wildman–Crippen MR) is 114 cm³/mol. The Balaban J connectivity index is 1.73. The van der Waals surface area contributed by atoms with Crippen molar-refractivity contribution < 1.29 is 18.3 Å². The van der Waals surface area contributed by atoms with Gasteiger partial charge in [0.25, 0.3) is 0 Å². The van der Waals surface area contributed by atoms with E-state index in [4.69, 9.17) is 0 Å². The van der Waals surface area contributed by atoms with Crippen LogP contribution in [0.15, 0.2) is 41.7 Å². The fraction of sp³-hybridized carbons (Fsp3) is 0.545. The van der Waals surface area contributed by atoms with Gasteiger partial charge in [0.05, 0.1) is 18.3 Å². The van der Waals surface area contributed by atoms with Crippen LogP contribution in [0.3, 0.4) is 0 Å². The van der Waals surface area contributed by atoms with Gasteiger partial charge < -0.3 is 15.7 Å². The van der Waals surface area contributed by atoms with Crippen molar-refractivity contribution in [2.45, 2.75) is 50.3 Å². The Hall–Kier alpha value is -2.55. The van der Waals surface area contributed by atoms with Crippen molar-refractivity contribution in [3.8, 4) is 0 Å². The van der Waals surface area contributed by atoms with Gasteiger partial charge >= 0.3 is 6.18 Å². The van der Waals surface area contributed by atoms with Gasteiger partial charge in [0, 0.05) is 37.3 Å². The van der Waals surface area contributed by atoms with E-state index in [2.05, 4.69) is 20.7 Å². The van der Waals surface area contributed by atoms with Gasteiger partial charge in [-0.1, -0.05) is 24.6 Å². The lowest BCUT2D eigenvalue weighted by Gasteiger charge is -2.43. The van der Waals surface area contributed by atoms with E-state index in [-0.39, 0.29) is 12.0 Å². The summed E-state index contributed by atoms with van der Waals surface area (Å²) in [5.41, 5.74) is -0.813. The minimum Gasteiger partial charge on any atom is -0.383 e. The summed E-state index contributed by atoms with van der Waals surface area (Å²) in [5, 5.41) is 21.3. The summed E-state index contributed by atoms with van der Waals surface area (Å²) in [7, 11) is 1.78. The molecule has 31 heavy (non-hydrogen) atoms. The molecule has 0 saturated heterocycles. The maximum Gasteiger partial charge on any atom is 0.416 e. The van der Waals surface area contributed by atoms with Gasteiger partial charge in [-0.15, -0.1) is 0 Å². The zero-order valence-corrected chi connectivity index (χ0v) is 18.1. The molecule has 0 spiro atoms. The number of benzene rings is 1. The highest BCUT2D eigenvalue weighted by Gasteiger charge is 2.40. The molecule has 0 radical (unpaired) electrons. The number of guanidine groups is 1. The molecule has 9 heteroatoms. The molecule has 3 rings (SSSR count). The zero-order chi connectivity index (χ0) is 22.7. The maximum absolute atomic E-state index is 13.2. The molecule has 1 atom stereocenters. The van der Waals surface area contributed by atoms with Gasteiger partial charge in [-0.05, 0) is 38.3 Å². The molecule has 1 aliphatic carbocycles. The number of halogens is 3. The first kappa shape index (κ1) is 23.1. The Morgan fingerprint density at radius 1 is 1.26 bits per heavy atom. The maximum atomic E-state index is 13.2. The lowest BCUT2D eigenvalue weighted by Crippen LogP contribution is -2.49. The Morgan fingerprint density at radius 3 is 2.55 bits per heavy atom. The van der Waals surface area contributed by atoms with Gasteiger partial charge in [0.15, 0.2) is 5.96 Å². The second-order valence-electron chi connectivity index (χ2n) is 8.44. The fourth-order valence-corrected chi connectivity index (χ4v) is 3.81. The van der Waals surface area contributed by atoms with Crippen molar-refractivity contribution in [3.05, 3.63) is 53.3 Å². The van der Waals surface area contributed by atoms with Crippen LogP contribution in [-0.2, 0) is 24.2 Å². The van der Waals surface area contributed by atoms with Crippen LogP contribution in [-0.4, -0.2) is 40.5 Å². The first-order valence-corrected chi connectivity index (χ1v) is 10.5. The summed E-state index contributed by atoms with van der Waals surface area (Å²) < 4.78 is 41.1. The SMILES string of the molecule is CCNC(=NCC(C)(O)c1cnn(C)c1)NCC1(c2cccc(C(F)(F)F)c2)CCC1. The third-order valence-electron chi connectivity index (χ3n) is 5.92. The number of nitrogens with one attached hydrogen (secondary N) is 2. The van der Waals surface area contributed by atoms with Gasteiger partial charge in [0.2, 0.25) is 0 Å². The molecule has 0 aliphatic heterocycles. The van der Waals surface area contributed by atoms with Gasteiger partial charge in [-0.3, -0.25) is 4.68 Å². The van der Waals surface area contributed by atoms with Crippen LogP contribution in [0, 0.1) is 0 Å². The second-order valence-corrected chi connectivity index (χ2v) is 8.44. The summed E-state index contributed by atoms with van der Waals surface area (Å²) in [6.45, 7) is 4.81. The van der Waals surface area contributed by atoms with E-state index < -0.39 is 17.3 Å². The quantitative estimate of drug-likeness (QED) is 0.459. The Labute approximate surface area is 180 Å². The summed E-state index contributed by atoms with van der Waals surface area (Å²) in [5.74, 6) is 0.518. The lowest BCUT2D eigenvalue weighted by atomic mass is 9.64. The van der Waals surface area contributed by atoms with E-state index in [9.17, 15) is 18.3 Å². The summed E-state index contributed by atoms with van der Waals surface area (Å²) in [6, 6.07) is 5.61. The molecule has 1 aliphatic rings. The molecule has 1 unspecified atom stereocenters. The molecule has 0 bridgehead atoms. The van der Waals surface area contributed by atoms with Crippen molar-refractivity contribution in [1.29, 1.82) is 0 Å². The summed E-state index contributed by atoms with van der Waals surface area (Å²) in [6.07, 6.45) is 1.59. The summed E-state index contributed by atoms with van der Waals surface area (Å²) in [4.78, 5) is 4.51. The van der Waals surface area contributed by atoms with Crippen molar-refractivity contribution in [3.63, 3.8) is 0 Å². The van der Waals surface area contributed by atoms with Crippen molar-refractivity contribution in [1.82, 2.24) is 20.4 Å². The highest BCUT2D eigenvalue weighted by Crippen LogP contribution is 2.44. The van der Waals surface area contributed by atoms with Crippen LogP contribution in [0.1, 0.15) is 49.8 Å². The van der Waals surface area contributed by atoms with E-state index in [1.54, 1.807) is 37.1 Å². The Bertz CT molecular complexity index is 916. The molecule has 170 valence electrons. The van der Waals surface area contributed by atoms with Crippen LogP contribution in [0.5, 0.6) is 0 Å². The Morgan fingerprint density at radius 2 is 2.00 bits per heavy atom. The first-order valence-electron chi connectivity index (χ1n) is 10.5. The molecule has 1 aromatic carbocycles. The second kappa shape index (κ2) is 8.90. The third kappa shape index (κ3) is 5.39. The van der Waals surface area contributed by atoms with Gasteiger partial charge in [-0.2, -0.15) is 18.3 Å². The third-order valence-corrected chi connectivity index (χ3v) is 5.92. The van der Waals surface area contributed by atoms with Gasteiger partial charge in [0.1, 0.15) is 5.60 Å². The van der Waals surface area contributed by atoms with E-state index in [1.807, 2.05) is 6.92 Å². The fourth-order valence-electron chi connectivity index (χ4n) is 3.81. The highest BCUT2D eigenvalue weighted by atomic mass is 19.4. The number of nitrogens with zero attached hydrogens (tertiary/aromatic N) is 3. The van der Waals surface area contributed by atoms with E-state index in [1.165, 1.54) is 12.1 Å². The number of hydrogen-bond donors (Lipinski definition) is 3. The molecule has 6 nitrogen and oxygen atoms in total. The number of rotatable bonds is 7. The number of aryl methyl sites for hydroxylation is 1. The van der Waals surface area contributed by atoms with Crippen LogP contribution in [0.4, 0.5) is 13.2 Å². The lowest BCUT2D eigenvalue weighted by molar-refractivity contribution is -0.137. The minimum atomic E-state index is -4.36. The summed E-state index contributed by atoms with van der Waals surface area (Å²) >= 11 is 0. The molecule has 0 amide bonds. The Kier molecular flexibility index (Phi) is 6.64. The number of aliphatic imine (C=N–C) groups is 1. The predicted octanol–water partition coefficient (Wildman–Crippen LogP) is 3.32. The van der Waals surface area contributed by atoms with Crippen molar-refractivity contribution in [2.24, 2.45) is 12.0 Å². The molecular weight excluding hydrogens is 407 g/mol. The van der Waals surface area contributed by atoms with Crippen LogP contribution < -0.4 is 10.6 Å². The standard InChI is InChI=1S/C22H30F3N5O/c1-4-26-19(27-14-20(2,31)18-12-29-30(3)13-18)28-15-21(9-6-10-21)16-7-5-8-17(11-16)22(23,24)25/h5,7-8,11-13,31H,4,6,9-10,14-15H2,1-3H3,(H2,26,27,28). The first-order chi connectivity index (χ1) is 14.6.